The van der Waals surface area contributed by atoms with Crippen LogP contribution in [-0.2, 0) is 9.59 Å². The number of aromatic nitrogens is 1. The number of allylic oxidation sites excluding steroid dienone is 3. The van der Waals surface area contributed by atoms with Crippen molar-refractivity contribution in [2.75, 3.05) is 12.4 Å². The molecule has 0 spiro atoms. The van der Waals surface area contributed by atoms with E-state index < -0.39 is 5.92 Å². The number of anilines is 1. The predicted molar refractivity (Wildman–Crippen MR) is 135 cm³/mol. The van der Waals surface area contributed by atoms with Crippen LogP contribution in [0.2, 0.25) is 0 Å². The molecule has 2 atom stereocenters. The zero-order valence-corrected chi connectivity index (χ0v) is 19.7. The van der Waals surface area contributed by atoms with Crippen LogP contribution in [0, 0.1) is 0 Å². The minimum absolute atomic E-state index is 0.0519. The molecule has 1 aromatic heterocycles. The van der Waals surface area contributed by atoms with E-state index in [1.54, 1.807) is 25.4 Å². The molecule has 5 rings (SSSR count). The van der Waals surface area contributed by atoms with E-state index in [0.29, 0.717) is 35.6 Å². The molecule has 2 aliphatic rings. The average Bonchev–Trinajstić information content (AvgIpc) is 2.88. The SMILES string of the molecule is COc1cccc(C2C(C(=O)Nc3ccccn3)=C(C)NC3=C2C(=O)CC(c2ccccc2)C3)c1. The minimum atomic E-state index is -0.505. The van der Waals surface area contributed by atoms with Gasteiger partial charge in [0.05, 0.1) is 7.11 Å². The topological polar surface area (TPSA) is 80.3 Å². The van der Waals surface area contributed by atoms with Crippen molar-refractivity contribution in [3.05, 3.63) is 113 Å². The summed E-state index contributed by atoms with van der Waals surface area (Å²) in [5, 5.41) is 6.32. The van der Waals surface area contributed by atoms with Gasteiger partial charge >= 0.3 is 0 Å². The Hall–Kier alpha value is -4.19. The number of ether oxygens (including phenoxy) is 1. The van der Waals surface area contributed by atoms with Gasteiger partial charge in [0, 0.05) is 41.1 Å². The number of ketones is 1. The quantitative estimate of drug-likeness (QED) is 0.549. The molecule has 1 aliphatic heterocycles. The van der Waals surface area contributed by atoms with Gasteiger partial charge in [-0.3, -0.25) is 9.59 Å². The average molecular weight is 466 g/mol. The number of pyridine rings is 1. The summed E-state index contributed by atoms with van der Waals surface area (Å²) in [6.07, 6.45) is 2.74. The first kappa shape index (κ1) is 22.6. The van der Waals surface area contributed by atoms with Crippen molar-refractivity contribution in [3.8, 4) is 5.75 Å². The van der Waals surface area contributed by atoms with Crippen molar-refractivity contribution in [1.82, 2.24) is 10.3 Å². The first-order valence-corrected chi connectivity index (χ1v) is 11.7. The first-order chi connectivity index (χ1) is 17.0. The Balaban J connectivity index is 1.58. The third-order valence-corrected chi connectivity index (χ3v) is 6.68. The molecule has 0 fully saturated rings. The van der Waals surface area contributed by atoms with E-state index in [4.69, 9.17) is 4.74 Å². The molecule has 0 saturated carbocycles. The second kappa shape index (κ2) is 9.58. The van der Waals surface area contributed by atoms with Crippen LogP contribution < -0.4 is 15.4 Å². The maximum absolute atomic E-state index is 13.7. The summed E-state index contributed by atoms with van der Waals surface area (Å²) in [6, 6.07) is 23.1. The van der Waals surface area contributed by atoms with Crippen molar-refractivity contribution in [1.29, 1.82) is 0 Å². The third kappa shape index (κ3) is 4.47. The van der Waals surface area contributed by atoms with Gasteiger partial charge in [0.25, 0.3) is 5.91 Å². The molecule has 6 heteroatoms. The van der Waals surface area contributed by atoms with E-state index in [1.807, 2.05) is 55.5 Å². The Kier molecular flexibility index (Phi) is 6.19. The van der Waals surface area contributed by atoms with Crippen LogP contribution >= 0.6 is 0 Å². The summed E-state index contributed by atoms with van der Waals surface area (Å²) in [5.74, 6) is 0.492. The van der Waals surface area contributed by atoms with Crippen molar-refractivity contribution in [2.45, 2.75) is 31.6 Å². The highest BCUT2D eigenvalue weighted by Gasteiger charge is 2.41. The summed E-state index contributed by atoms with van der Waals surface area (Å²) in [5.41, 5.74) is 4.76. The molecule has 176 valence electrons. The number of carbonyl (C=O) groups is 2. The molecular formula is C29H27N3O3. The zero-order chi connectivity index (χ0) is 24.4. The molecule has 2 heterocycles. The Morgan fingerprint density at radius 1 is 1.00 bits per heavy atom. The Morgan fingerprint density at radius 2 is 1.77 bits per heavy atom. The highest BCUT2D eigenvalue weighted by atomic mass is 16.5. The van der Waals surface area contributed by atoms with Crippen molar-refractivity contribution < 1.29 is 14.3 Å². The fraction of sp³-hybridized carbons (Fsp3) is 0.207. The zero-order valence-electron chi connectivity index (χ0n) is 19.7. The number of hydrogen-bond acceptors (Lipinski definition) is 5. The van der Waals surface area contributed by atoms with E-state index in [0.717, 1.165) is 22.5 Å². The van der Waals surface area contributed by atoms with Crippen LogP contribution in [0.1, 0.15) is 42.7 Å². The maximum atomic E-state index is 13.7. The number of Topliss-reactive ketones (excluding diaryl/α,β-unsaturated/α-hetero) is 1. The number of nitrogens with zero attached hydrogens (tertiary/aromatic N) is 1. The molecule has 35 heavy (non-hydrogen) atoms. The Morgan fingerprint density at radius 3 is 2.51 bits per heavy atom. The van der Waals surface area contributed by atoms with Crippen LogP contribution in [0.5, 0.6) is 5.75 Å². The van der Waals surface area contributed by atoms with Crippen LogP contribution in [0.25, 0.3) is 0 Å². The summed E-state index contributed by atoms with van der Waals surface area (Å²) in [4.78, 5) is 31.5. The highest BCUT2D eigenvalue weighted by Crippen LogP contribution is 2.46. The van der Waals surface area contributed by atoms with E-state index in [9.17, 15) is 9.59 Å². The summed E-state index contributed by atoms with van der Waals surface area (Å²) in [6.45, 7) is 1.89. The van der Waals surface area contributed by atoms with Crippen LogP contribution in [0.3, 0.4) is 0 Å². The maximum Gasteiger partial charge on any atom is 0.255 e. The Labute approximate surface area is 204 Å². The van der Waals surface area contributed by atoms with E-state index >= 15 is 0 Å². The molecule has 0 radical (unpaired) electrons. The number of amides is 1. The second-order valence-corrected chi connectivity index (χ2v) is 8.87. The van der Waals surface area contributed by atoms with Crippen molar-refractivity contribution in [2.24, 2.45) is 0 Å². The van der Waals surface area contributed by atoms with Crippen LogP contribution in [0.4, 0.5) is 5.82 Å². The van der Waals surface area contributed by atoms with Crippen molar-refractivity contribution >= 4 is 17.5 Å². The molecule has 2 N–H and O–H groups in total. The van der Waals surface area contributed by atoms with Gasteiger partial charge in [-0.05, 0) is 54.7 Å². The van der Waals surface area contributed by atoms with Gasteiger partial charge in [-0.25, -0.2) is 4.98 Å². The molecule has 0 bridgehead atoms. The van der Waals surface area contributed by atoms with Crippen LogP contribution in [-0.4, -0.2) is 23.8 Å². The predicted octanol–water partition coefficient (Wildman–Crippen LogP) is 5.09. The normalized spacial score (nSPS) is 19.7. The number of benzene rings is 2. The molecule has 1 aliphatic carbocycles. The Bertz CT molecular complexity index is 1330. The van der Waals surface area contributed by atoms with E-state index in [-0.39, 0.29) is 17.6 Å². The number of carbonyl (C=O) groups excluding carboxylic acids is 2. The summed E-state index contributed by atoms with van der Waals surface area (Å²) in [7, 11) is 1.61. The molecule has 1 amide bonds. The van der Waals surface area contributed by atoms with Gasteiger partial charge in [-0.2, -0.15) is 0 Å². The fourth-order valence-corrected chi connectivity index (χ4v) is 5.08. The summed E-state index contributed by atoms with van der Waals surface area (Å²) >= 11 is 0. The lowest BCUT2D eigenvalue weighted by Crippen LogP contribution is -2.37. The molecule has 3 aromatic rings. The molecule has 2 unspecified atom stereocenters. The van der Waals surface area contributed by atoms with Gasteiger partial charge in [0.15, 0.2) is 5.78 Å². The molecule has 0 saturated heterocycles. The second-order valence-electron chi connectivity index (χ2n) is 8.87. The molecule has 6 nitrogen and oxygen atoms in total. The monoisotopic (exact) mass is 465 g/mol. The smallest absolute Gasteiger partial charge is 0.255 e. The van der Waals surface area contributed by atoms with Gasteiger partial charge in [0.2, 0.25) is 0 Å². The van der Waals surface area contributed by atoms with Gasteiger partial charge in [0.1, 0.15) is 11.6 Å². The number of methoxy groups -OCH3 is 1. The minimum Gasteiger partial charge on any atom is -0.497 e. The number of hydrogen-bond donors (Lipinski definition) is 2. The summed E-state index contributed by atoms with van der Waals surface area (Å²) < 4.78 is 5.46. The standard InChI is InChI=1S/C29H27N3O3/c1-18-26(29(34)32-25-13-6-7-14-30-25)27(20-11-8-12-22(15-20)35-2)28-23(31-18)16-21(17-24(28)33)19-9-4-3-5-10-19/h3-15,21,27,31H,16-17H2,1-2H3,(H,30,32,34). The van der Waals surface area contributed by atoms with E-state index in [2.05, 4.69) is 27.8 Å². The third-order valence-electron chi connectivity index (χ3n) is 6.68. The van der Waals surface area contributed by atoms with E-state index in [1.165, 1.54) is 0 Å². The van der Waals surface area contributed by atoms with Gasteiger partial charge in [-0.15, -0.1) is 0 Å². The van der Waals surface area contributed by atoms with Crippen LogP contribution in [0.15, 0.2) is 102 Å². The molecule has 2 aromatic carbocycles. The highest BCUT2D eigenvalue weighted by molar-refractivity contribution is 6.09. The van der Waals surface area contributed by atoms with Crippen molar-refractivity contribution in [3.63, 3.8) is 0 Å². The lowest BCUT2D eigenvalue weighted by atomic mass is 9.71. The fourth-order valence-electron chi connectivity index (χ4n) is 5.08. The first-order valence-electron chi connectivity index (χ1n) is 11.7. The largest absolute Gasteiger partial charge is 0.497 e. The van der Waals surface area contributed by atoms with Gasteiger partial charge < -0.3 is 15.4 Å². The van der Waals surface area contributed by atoms with Gasteiger partial charge in [-0.1, -0.05) is 48.5 Å². The lowest BCUT2D eigenvalue weighted by molar-refractivity contribution is -0.116. The lowest BCUT2D eigenvalue weighted by Gasteiger charge is -2.37. The number of nitrogens with one attached hydrogen (secondary N) is 2. The number of rotatable bonds is 5. The number of dihydropyridines is 1. The molecular weight excluding hydrogens is 438 g/mol.